The average molecular weight is 217 g/mol. The van der Waals surface area contributed by atoms with E-state index in [9.17, 15) is 4.79 Å². The third-order valence-corrected chi connectivity index (χ3v) is 2.44. The van der Waals surface area contributed by atoms with Crippen LogP contribution in [0, 0.1) is 0 Å². The van der Waals surface area contributed by atoms with E-state index in [0.29, 0.717) is 6.42 Å². The number of ether oxygens (including phenoxy) is 1. The first-order chi connectivity index (χ1) is 7.24. The van der Waals surface area contributed by atoms with Gasteiger partial charge >= 0.3 is 5.97 Å². The summed E-state index contributed by atoms with van der Waals surface area (Å²) in [7, 11) is 1.42. The summed E-state index contributed by atoms with van der Waals surface area (Å²) < 4.78 is 4.59. The molecule has 0 spiro atoms. The molecular formula is C11H23NO3. The van der Waals surface area contributed by atoms with Gasteiger partial charge in [0.2, 0.25) is 0 Å². The predicted octanol–water partition coefficient (Wildman–Crippen LogP) is 1.03. The molecule has 0 aliphatic heterocycles. The number of unbranched alkanes of at least 4 members (excludes halogenated alkanes) is 2. The van der Waals surface area contributed by atoms with Crippen molar-refractivity contribution in [3.8, 4) is 0 Å². The summed E-state index contributed by atoms with van der Waals surface area (Å²) in [6.45, 7) is 5.07. The van der Waals surface area contributed by atoms with E-state index in [1.807, 2.05) is 0 Å². The number of carbonyl (C=O) groups is 1. The fourth-order valence-corrected chi connectivity index (χ4v) is 1.40. The second kappa shape index (κ2) is 9.93. The van der Waals surface area contributed by atoms with E-state index in [4.69, 9.17) is 5.11 Å². The monoisotopic (exact) mass is 217 g/mol. The lowest BCUT2D eigenvalue weighted by atomic mass is 10.2. The van der Waals surface area contributed by atoms with Crippen LogP contribution in [0.1, 0.15) is 32.6 Å². The molecule has 0 radical (unpaired) electrons. The zero-order valence-corrected chi connectivity index (χ0v) is 9.87. The summed E-state index contributed by atoms with van der Waals surface area (Å²) in [6, 6.07) is 0. The molecule has 0 saturated heterocycles. The Kier molecular flexibility index (Phi) is 9.52. The Balaban J connectivity index is 3.50. The fourth-order valence-electron chi connectivity index (χ4n) is 1.40. The molecule has 0 fully saturated rings. The Morgan fingerprint density at radius 3 is 2.53 bits per heavy atom. The van der Waals surface area contributed by atoms with E-state index in [-0.39, 0.29) is 12.6 Å². The van der Waals surface area contributed by atoms with Gasteiger partial charge in [-0.15, -0.1) is 0 Å². The van der Waals surface area contributed by atoms with Gasteiger partial charge in [0.15, 0.2) is 0 Å². The zero-order chi connectivity index (χ0) is 11.5. The van der Waals surface area contributed by atoms with E-state index < -0.39 is 0 Å². The van der Waals surface area contributed by atoms with Gasteiger partial charge in [-0.2, -0.15) is 0 Å². The molecule has 0 aromatic heterocycles. The Morgan fingerprint density at radius 1 is 1.27 bits per heavy atom. The summed E-state index contributed by atoms with van der Waals surface area (Å²) in [5.41, 5.74) is 0. The van der Waals surface area contributed by atoms with Crippen LogP contribution in [0.25, 0.3) is 0 Å². The first-order valence-corrected chi connectivity index (χ1v) is 5.64. The summed E-state index contributed by atoms with van der Waals surface area (Å²) in [5.74, 6) is -0.149. The van der Waals surface area contributed by atoms with E-state index in [1.165, 1.54) is 7.11 Å². The minimum atomic E-state index is -0.149. The number of hydrogen-bond acceptors (Lipinski definition) is 4. The second-order valence-electron chi connectivity index (χ2n) is 3.54. The maximum absolute atomic E-state index is 10.9. The van der Waals surface area contributed by atoms with Crippen molar-refractivity contribution in [1.29, 1.82) is 0 Å². The molecule has 0 saturated carbocycles. The van der Waals surface area contributed by atoms with Crippen LogP contribution in [0.4, 0.5) is 0 Å². The molecule has 0 heterocycles. The average Bonchev–Trinajstić information content (AvgIpc) is 2.27. The van der Waals surface area contributed by atoms with Gasteiger partial charge in [-0.25, -0.2) is 0 Å². The van der Waals surface area contributed by atoms with Gasteiger partial charge in [-0.3, -0.25) is 4.79 Å². The van der Waals surface area contributed by atoms with Crippen molar-refractivity contribution in [1.82, 2.24) is 4.90 Å². The highest BCUT2D eigenvalue weighted by molar-refractivity contribution is 5.69. The first-order valence-electron chi connectivity index (χ1n) is 5.64. The van der Waals surface area contributed by atoms with E-state index in [2.05, 4.69) is 16.6 Å². The molecule has 4 nitrogen and oxygen atoms in total. The number of rotatable bonds is 9. The maximum Gasteiger partial charge on any atom is 0.306 e. The smallest absolute Gasteiger partial charge is 0.306 e. The van der Waals surface area contributed by atoms with Gasteiger partial charge in [0.05, 0.1) is 13.5 Å². The number of carbonyl (C=O) groups excluding carboxylic acids is 1. The molecule has 0 bridgehead atoms. The molecule has 0 unspecified atom stereocenters. The van der Waals surface area contributed by atoms with Gasteiger partial charge in [-0.05, 0) is 32.4 Å². The Bertz CT molecular complexity index is 162. The number of methoxy groups -OCH3 is 1. The van der Waals surface area contributed by atoms with Gasteiger partial charge in [0, 0.05) is 13.2 Å². The molecule has 0 aromatic carbocycles. The van der Waals surface area contributed by atoms with Crippen molar-refractivity contribution >= 4 is 5.97 Å². The molecule has 0 aromatic rings. The molecule has 0 aliphatic rings. The highest BCUT2D eigenvalue weighted by atomic mass is 16.5. The Morgan fingerprint density at radius 2 is 2.00 bits per heavy atom. The topological polar surface area (TPSA) is 49.8 Å². The Labute approximate surface area is 92.2 Å². The summed E-state index contributed by atoms with van der Waals surface area (Å²) in [4.78, 5) is 13.2. The lowest BCUT2D eigenvalue weighted by Gasteiger charge is -2.19. The van der Waals surface area contributed by atoms with E-state index in [1.54, 1.807) is 0 Å². The molecule has 4 heteroatoms. The van der Waals surface area contributed by atoms with Crippen molar-refractivity contribution in [2.75, 3.05) is 33.4 Å². The lowest BCUT2D eigenvalue weighted by Crippen LogP contribution is -2.27. The van der Waals surface area contributed by atoms with Gasteiger partial charge in [-0.1, -0.05) is 6.92 Å². The van der Waals surface area contributed by atoms with Crippen LogP contribution in [0.3, 0.4) is 0 Å². The number of aliphatic hydroxyl groups is 1. The molecule has 0 aliphatic carbocycles. The SMILES string of the molecule is CCN(CCCCCO)CCC(=O)OC. The fraction of sp³-hybridized carbons (Fsp3) is 0.909. The number of nitrogens with zero attached hydrogens (tertiary/aromatic N) is 1. The number of aliphatic hydroxyl groups excluding tert-OH is 1. The van der Waals surface area contributed by atoms with Crippen LogP contribution in [0.2, 0.25) is 0 Å². The van der Waals surface area contributed by atoms with E-state index in [0.717, 1.165) is 38.9 Å². The molecular weight excluding hydrogens is 194 g/mol. The van der Waals surface area contributed by atoms with Crippen LogP contribution in [0.5, 0.6) is 0 Å². The number of hydrogen-bond donors (Lipinski definition) is 1. The molecule has 0 atom stereocenters. The van der Waals surface area contributed by atoms with Crippen LogP contribution in [-0.4, -0.2) is 49.3 Å². The molecule has 90 valence electrons. The highest BCUT2D eigenvalue weighted by Gasteiger charge is 2.05. The van der Waals surface area contributed by atoms with Crippen molar-refractivity contribution in [3.05, 3.63) is 0 Å². The van der Waals surface area contributed by atoms with Gasteiger partial charge in [0.1, 0.15) is 0 Å². The van der Waals surface area contributed by atoms with E-state index >= 15 is 0 Å². The molecule has 15 heavy (non-hydrogen) atoms. The lowest BCUT2D eigenvalue weighted by molar-refractivity contribution is -0.140. The Hall–Kier alpha value is -0.610. The first kappa shape index (κ1) is 14.4. The maximum atomic E-state index is 10.9. The third-order valence-electron chi connectivity index (χ3n) is 2.44. The zero-order valence-electron chi connectivity index (χ0n) is 9.87. The van der Waals surface area contributed by atoms with Gasteiger partial charge < -0.3 is 14.7 Å². The molecule has 0 rings (SSSR count). The summed E-state index contributed by atoms with van der Waals surface area (Å²) in [5, 5.41) is 8.62. The van der Waals surface area contributed by atoms with Crippen LogP contribution >= 0.6 is 0 Å². The molecule has 1 N–H and O–H groups in total. The van der Waals surface area contributed by atoms with Gasteiger partial charge in [0.25, 0.3) is 0 Å². The largest absolute Gasteiger partial charge is 0.469 e. The van der Waals surface area contributed by atoms with Crippen molar-refractivity contribution < 1.29 is 14.6 Å². The minimum Gasteiger partial charge on any atom is -0.469 e. The standard InChI is InChI=1S/C11H23NO3/c1-3-12(8-5-4-6-10-13)9-7-11(14)15-2/h13H,3-10H2,1-2H3. The van der Waals surface area contributed by atoms with Crippen molar-refractivity contribution in [2.45, 2.75) is 32.6 Å². The quantitative estimate of drug-likeness (QED) is 0.463. The highest BCUT2D eigenvalue weighted by Crippen LogP contribution is 2.00. The summed E-state index contributed by atoms with van der Waals surface area (Å²) >= 11 is 0. The minimum absolute atomic E-state index is 0.149. The predicted molar refractivity (Wildman–Crippen MR) is 59.7 cm³/mol. The van der Waals surface area contributed by atoms with Crippen LogP contribution in [0.15, 0.2) is 0 Å². The van der Waals surface area contributed by atoms with Crippen LogP contribution < -0.4 is 0 Å². The summed E-state index contributed by atoms with van der Waals surface area (Å²) in [6.07, 6.45) is 3.46. The number of esters is 1. The van der Waals surface area contributed by atoms with Crippen molar-refractivity contribution in [3.63, 3.8) is 0 Å². The third kappa shape index (κ3) is 8.39. The van der Waals surface area contributed by atoms with Crippen LogP contribution in [-0.2, 0) is 9.53 Å². The second-order valence-corrected chi connectivity index (χ2v) is 3.54. The van der Waals surface area contributed by atoms with Crippen molar-refractivity contribution in [2.24, 2.45) is 0 Å². The normalized spacial score (nSPS) is 10.7. The molecule has 0 amide bonds.